The van der Waals surface area contributed by atoms with Crippen molar-refractivity contribution in [3.05, 3.63) is 64.0 Å². The molecule has 5 aliphatic rings. The van der Waals surface area contributed by atoms with Gasteiger partial charge in [-0.2, -0.15) is 0 Å². The summed E-state index contributed by atoms with van der Waals surface area (Å²) in [5.74, 6) is 0.677. The van der Waals surface area contributed by atoms with E-state index in [1.807, 2.05) is 12.1 Å². The van der Waals surface area contributed by atoms with Gasteiger partial charge in [0.05, 0.1) is 12.3 Å². The molecule has 0 radical (unpaired) electrons. The second-order valence-electron chi connectivity index (χ2n) is 20.4. The summed E-state index contributed by atoms with van der Waals surface area (Å²) in [4.78, 5) is 30.4. The van der Waals surface area contributed by atoms with Crippen LogP contribution in [0.3, 0.4) is 0 Å². The van der Waals surface area contributed by atoms with E-state index < -0.39 is 17.5 Å². The van der Waals surface area contributed by atoms with Crippen LogP contribution in [0.5, 0.6) is 0 Å². The zero-order valence-electron chi connectivity index (χ0n) is 36.1. The van der Waals surface area contributed by atoms with E-state index in [9.17, 15) is 19.8 Å². The molecule has 1 aromatic heterocycles. The number of hydrogen-bond acceptors (Lipinski definition) is 7. The van der Waals surface area contributed by atoms with E-state index in [4.69, 9.17) is 11.6 Å². The predicted molar refractivity (Wildman–Crippen MR) is 226 cm³/mol. The van der Waals surface area contributed by atoms with Gasteiger partial charge in [-0.3, -0.25) is 14.5 Å². The summed E-state index contributed by atoms with van der Waals surface area (Å²) >= 11 is 6.26. The molecule has 5 aliphatic carbocycles. The summed E-state index contributed by atoms with van der Waals surface area (Å²) in [6.07, 6.45) is 12.3. The fourth-order valence-electron chi connectivity index (χ4n) is 14.2. The van der Waals surface area contributed by atoms with Gasteiger partial charge in [0, 0.05) is 43.0 Å². The topological polar surface area (TPSA) is 112 Å². The first-order chi connectivity index (χ1) is 26.8. The van der Waals surface area contributed by atoms with Gasteiger partial charge in [0.15, 0.2) is 5.78 Å². The molecule has 8 atom stereocenters. The highest BCUT2D eigenvalue weighted by Crippen LogP contribution is 2.78. The van der Waals surface area contributed by atoms with Crippen molar-refractivity contribution in [1.29, 1.82) is 0 Å². The van der Waals surface area contributed by atoms with Gasteiger partial charge in [0.2, 0.25) is 0 Å². The van der Waals surface area contributed by atoms with E-state index in [1.54, 1.807) is 6.20 Å². The van der Waals surface area contributed by atoms with Crippen LogP contribution in [-0.2, 0) is 22.7 Å². The zero-order valence-corrected chi connectivity index (χ0v) is 36.8. The van der Waals surface area contributed by atoms with E-state index in [1.165, 1.54) is 21.4 Å². The Morgan fingerprint density at radius 3 is 2.39 bits per heavy atom. The van der Waals surface area contributed by atoms with Crippen LogP contribution in [0.25, 0.3) is 5.57 Å². The second-order valence-corrected chi connectivity index (χ2v) is 20.8. The summed E-state index contributed by atoms with van der Waals surface area (Å²) in [5, 5.41) is 31.5. The van der Waals surface area contributed by atoms with Crippen LogP contribution in [0, 0.1) is 50.7 Å². The van der Waals surface area contributed by atoms with Gasteiger partial charge >= 0.3 is 5.97 Å². The number of aliphatic carboxylic acids is 1. The van der Waals surface area contributed by atoms with Crippen molar-refractivity contribution < 1.29 is 19.8 Å². The third-order valence-electron chi connectivity index (χ3n) is 16.7. The fraction of sp³-hybridized carbons (Fsp3) is 0.702. The number of carboxylic acids is 1. The van der Waals surface area contributed by atoms with Crippen molar-refractivity contribution in [2.75, 3.05) is 33.7 Å². The van der Waals surface area contributed by atoms with E-state index in [0.717, 1.165) is 87.3 Å². The van der Waals surface area contributed by atoms with Crippen molar-refractivity contribution in [3.8, 4) is 0 Å². The summed E-state index contributed by atoms with van der Waals surface area (Å²) in [6, 6.07) is 8.05. The maximum atomic E-state index is 14.4. The van der Waals surface area contributed by atoms with Crippen LogP contribution in [0.15, 0.2) is 47.7 Å². The molecule has 312 valence electrons. The molecule has 0 aliphatic heterocycles. The number of benzene rings is 1. The van der Waals surface area contributed by atoms with Crippen LogP contribution in [0.2, 0.25) is 5.02 Å². The fourth-order valence-corrected chi connectivity index (χ4v) is 14.4. The molecule has 7 rings (SSSR count). The van der Waals surface area contributed by atoms with Crippen LogP contribution >= 0.6 is 11.6 Å². The molecule has 3 saturated carbocycles. The van der Waals surface area contributed by atoms with E-state index >= 15 is 0 Å². The number of hydrogen-bond donors (Lipinski definition) is 2. The number of carbonyl (C=O) groups is 2. The number of aliphatic hydroxyl groups is 1. The van der Waals surface area contributed by atoms with Gasteiger partial charge in [-0.25, -0.2) is 4.68 Å². The number of carbonyl (C=O) groups excluding carboxylic acids is 1. The number of halogens is 1. The van der Waals surface area contributed by atoms with Crippen LogP contribution < -0.4 is 0 Å². The SMILES string of the molecule is CC[C@@]12CC[C@@]3([C@@H](O)CN(CCN(C)C)Cc4ccc(Cl)cc4)CC(=O)C(C(C)C)=C3[C@H]1CC[C@@H]1[C@@]3(C)CC=C(c4cn(CC(=O)O)nn4)C(C)(C)[C@@H]3CC[C@]12C. The molecule has 57 heavy (non-hydrogen) atoms. The molecule has 1 heterocycles. The second kappa shape index (κ2) is 15.3. The zero-order chi connectivity index (χ0) is 41.3. The van der Waals surface area contributed by atoms with E-state index in [0.29, 0.717) is 24.8 Å². The highest BCUT2D eigenvalue weighted by molar-refractivity contribution is 6.30. The van der Waals surface area contributed by atoms with Crippen molar-refractivity contribution in [1.82, 2.24) is 24.8 Å². The lowest BCUT2D eigenvalue weighted by atomic mass is 9.32. The number of carboxylic acid groups (broad SMARTS) is 1. The number of likely N-dealkylation sites (N-methyl/N-ethyl adjacent to an activating group) is 1. The molecule has 10 heteroatoms. The molecule has 1 aromatic carbocycles. The quantitative estimate of drug-likeness (QED) is 0.207. The Labute approximate surface area is 346 Å². The molecular weight excluding hydrogens is 734 g/mol. The number of ketones is 1. The van der Waals surface area contributed by atoms with Gasteiger partial charge in [0.25, 0.3) is 0 Å². The summed E-state index contributed by atoms with van der Waals surface area (Å²) in [5.41, 5.74) is 5.01. The van der Waals surface area contributed by atoms with Gasteiger partial charge in [-0.15, -0.1) is 5.10 Å². The molecule has 3 fully saturated rings. The smallest absolute Gasteiger partial charge is 0.325 e. The molecule has 0 saturated heterocycles. The summed E-state index contributed by atoms with van der Waals surface area (Å²) in [7, 11) is 4.19. The van der Waals surface area contributed by atoms with E-state index in [-0.39, 0.29) is 45.8 Å². The number of Topliss-reactive ketones (excluding diaryl/α,β-unsaturated/α-hetero) is 1. The number of fused-ring (bicyclic) bond motifs is 7. The monoisotopic (exact) mass is 801 g/mol. The average molecular weight is 803 g/mol. The normalized spacial score (nSPS) is 33.9. The lowest BCUT2D eigenvalue weighted by Gasteiger charge is -2.72. The van der Waals surface area contributed by atoms with Gasteiger partial charge < -0.3 is 15.1 Å². The molecule has 0 unspecified atom stereocenters. The number of nitrogens with zero attached hydrogens (tertiary/aromatic N) is 5. The Morgan fingerprint density at radius 2 is 1.74 bits per heavy atom. The lowest BCUT2D eigenvalue weighted by Crippen LogP contribution is -2.65. The number of aromatic nitrogens is 3. The Balaban J connectivity index is 1.23. The van der Waals surface area contributed by atoms with Crippen molar-refractivity contribution >= 4 is 28.9 Å². The molecule has 2 N–H and O–H groups in total. The maximum Gasteiger partial charge on any atom is 0.325 e. The Hall–Kier alpha value is -2.85. The molecular formula is C47H68ClN5O4. The van der Waals surface area contributed by atoms with Gasteiger partial charge in [-0.05, 0) is 140 Å². The van der Waals surface area contributed by atoms with Crippen LogP contribution in [-0.4, -0.2) is 86.6 Å². The molecule has 0 spiro atoms. The maximum absolute atomic E-state index is 14.4. The lowest BCUT2D eigenvalue weighted by molar-refractivity contribution is -0.208. The Morgan fingerprint density at radius 1 is 1.02 bits per heavy atom. The van der Waals surface area contributed by atoms with Crippen LogP contribution in [0.1, 0.15) is 118 Å². The average Bonchev–Trinajstić information content (AvgIpc) is 3.72. The van der Waals surface area contributed by atoms with Crippen molar-refractivity contribution in [2.45, 2.75) is 125 Å². The Kier molecular flexibility index (Phi) is 11.4. The van der Waals surface area contributed by atoms with E-state index in [2.05, 4.69) is 101 Å². The first-order valence-corrected chi connectivity index (χ1v) is 22.1. The highest BCUT2D eigenvalue weighted by atomic mass is 35.5. The number of aliphatic hydroxyl groups excluding tert-OH is 1. The number of rotatable bonds is 13. The minimum Gasteiger partial charge on any atom is -0.480 e. The summed E-state index contributed by atoms with van der Waals surface area (Å²) < 4.78 is 1.43. The van der Waals surface area contributed by atoms with Crippen molar-refractivity contribution in [3.63, 3.8) is 0 Å². The molecule has 9 nitrogen and oxygen atoms in total. The highest BCUT2D eigenvalue weighted by Gasteiger charge is 2.71. The largest absolute Gasteiger partial charge is 0.480 e. The minimum absolute atomic E-state index is 0.0365. The summed E-state index contributed by atoms with van der Waals surface area (Å²) in [6.45, 7) is 19.5. The van der Waals surface area contributed by atoms with Gasteiger partial charge in [0.1, 0.15) is 12.2 Å². The molecule has 0 bridgehead atoms. The molecule has 0 amide bonds. The van der Waals surface area contributed by atoms with Gasteiger partial charge in [-0.1, -0.05) is 89.1 Å². The standard InChI is InChI=1S/C47H68ClN5O4/c1-10-47-22-21-46(39(55)28-52(24-23-51(8)9)26-31-11-13-32(48)14-12-31)25-36(54)41(30(2)3)42(46)34(47)15-16-38-44(6)19-17-33(35-27-53(50-49-35)29-40(56)57)43(4,5)37(44)18-20-45(38,47)7/h11-14,17,27,30,34,37-39,55H,10,15-16,18-26,28-29H2,1-9H3,(H,56,57)/t34-,37+,38-,39+,44+,45-,46+,47-/m1/s1. The van der Waals surface area contributed by atoms with Crippen LogP contribution in [0.4, 0.5) is 0 Å². The minimum atomic E-state index is -0.924. The number of allylic oxidation sites excluding steroid dienone is 3. The predicted octanol–water partition coefficient (Wildman–Crippen LogP) is 8.80. The third-order valence-corrected chi connectivity index (χ3v) is 17.0. The Bertz CT molecular complexity index is 1920. The first-order valence-electron chi connectivity index (χ1n) is 21.7. The first kappa shape index (κ1) is 42.3. The third kappa shape index (κ3) is 6.88. The van der Waals surface area contributed by atoms with Crippen molar-refractivity contribution in [2.24, 2.45) is 50.7 Å². The molecule has 2 aromatic rings.